The van der Waals surface area contributed by atoms with Gasteiger partial charge in [-0.2, -0.15) is 0 Å². The van der Waals surface area contributed by atoms with Crippen LogP contribution in [0.1, 0.15) is 28.8 Å². The maximum absolute atomic E-state index is 13.5. The largest absolute Gasteiger partial charge is 0.486 e. The number of fused-ring (bicyclic) bond motifs is 3. The Morgan fingerprint density at radius 3 is 2.78 bits per heavy atom. The number of carbonyl (C=O) groups excluding carboxylic acids is 1. The molecule has 1 spiro atoms. The smallest absolute Gasteiger partial charge is 0.262 e. The lowest BCUT2D eigenvalue weighted by Gasteiger charge is -2.34. The van der Waals surface area contributed by atoms with Gasteiger partial charge >= 0.3 is 0 Å². The van der Waals surface area contributed by atoms with Crippen molar-refractivity contribution in [3.8, 4) is 11.5 Å². The Bertz CT molecular complexity index is 908. The molecule has 1 saturated heterocycles. The number of benzene rings is 2. The third-order valence-corrected chi connectivity index (χ3v) is 6.12. The SMILES string of the molecule is O=C(c1cccc2c1OCCO2)N1CC2(CCNCC2)c2cc(Cl)ccc21. The van der Waals surface area contributed by atoms with Crippen LogP contribution in [0.25, 0.3) is 0 Å². The maximum atomic E-state index is 13.5. The summed E-state index contributed by atoms with van der Waals surface area (Å²) in [6.07, 6.45) is 1.99. The molecule has 5 rings (SSSR count). The number of anilines is 1. The summed E-state index contributed by atoms with van der Waals surface area (Å²) < 4.78 is 11.4. The van der Waals surface area contributed by atoms with E-state index in [1.165, 1.54) is 5.56 Å². The lowest BCUT2D eigenvalue weighted by atomic mass is 9.75. The molecule has 0 atom stereocenters. The van der Waals surface area contributed by atoms with Crippen molar-refractivity contribution < 1.29 is 14.3 Å². The van der Waals surface area contributed by atoms with Gasteiger partial charge in [0.2, 0.25) is 0 Å². The topological polar surface area (TPSA) is 50.8 Å². The van der Waals surface area contributed by atoms with E-state index in [9.17, 15) is 4.79 Å². The zero-order valence-corrected chi connectivity index (χ0v) is 15.7. The monoisotopic (exact) mass is 384 g/mol. The van der Waals surface area contributed by atoms with Gasteiger partial charge in [-0.05, 0) is 61.8 Å². The van der Waals surface area contributed by atoms with Crippen LogP contribution < -0.4 is 19.7 Å². The zero-order valence-electron chi connectivity index (χ0n) is 15.0. The van der Waals surface area contributed by atoms with Crippen LogP contribution in [0.3, 0.4) is 0 Å². The van der Waals surface area contributed by atoms with E-state index in [1.54, 1.807) is 0 Å². The molecule has 0 radical (unpaired) electrons. The van der Waals surface area contributed by atoms with E-state index in [0.29, 0.717) is 36.8 Å². The van der Waals surface area contributed by atoms with Crippen molar-refractivity contribution in [1.29, 1.82) is 0 Å². The van der Waals surface area contributed by atoms with E-state index in [1.807, 2.05) is 41.3 Å². The standard InChI is InChI=1S/C21H21ClN2O3/c22-14-4-5-17-16(12-14)21(6-8-23-9-7-21)13-24(17)20(25)15-2-1-3-18-19(15)27-11-10-26-18/h1-5,12,23H,6-11,13H2. The van der Waals surface area contributed by atoms with Crippen LogP contribution in [0, 0.1) is 0 Å². The second-order valence-corrected chi connectivity index (χ2v) is 7.85. The Labute approximate surface area is 163 Å². The van der Waals surface area contributed by atoms with Crippen molar-refractivity contribution in [2.45, 2.75) is 18.3 Å². The number of ether oxygens (including phenoxy) is 2. The first kappa shape index (κ1) is 16.9. The summed E-state index contributed by atoms with van der Waals surface area (Å²) in [5.41, 5.74) is 2.67. The molecule has 1 amide bonds. The first-order valence-electron chi connectivity index (χ1n) is 9.39. The van der Waals surface area contributed by atoms with Crippen LogP contribution in [0.15, 0.2) is 36.4 Å². The highest BCUT2D eigenvalue weighted by Gasteiger charge is 2.46. The molecule has 0 bridgehead atoms. The number of piperidine rings is 1. The highest BCUT2D eigenvalue weighted by atomic mass is 35.5. The van der Waals surface area contributed by atoms with Crippen LogP contribution in [0.4, 0.5) is 5.69 Å². The van der Waals surface area contributed by atoms with E-state index in [-0.39, 0.29) is 11.3 Å². The average molecular weight is 385 g/mol. The summed E-state index contributed by atoms with van der Waals surface area (Å²) >= 11 is 6.31. The van der Waals surface area contributed by atoms with E-state index >= 15 is 0 Å². The minimum atomic E-state index is -0.0451. The fourth-order valence-electron chi connectivity index (χ4n) is 4.54. The minimum Gasteiger partial charge on any atom is -0.486 e. The molecule has 140 valence electrons. The molecular formula is C21H21ClN2O3. The summed E-state index contributed by atoms with van der Waals surface area (Å²) in [5.74, 6) is 1.14. The number of carbonyl (C=O) groups is 1. The van der Waals surface area contributed by atoms with Gasteiger partial charge < -0.3 is 19.7 Å². The van der Waals surface area contributed by atoms with Crippen LogP contribution in [0.5, 0.6) is 11.5 Å². The van der Waals surface area contributed by atoms with E-state index in [0.717, 1.165) is 36.6 Å². The van der Waals surface area contributed by atoms with Crippen LogP contribution in [0.2, 0.25) is 5.02 Å². The van der Waals surface area contributed by atoms with Gasteiger partial charge in [-0.1, -0.05) is 17.7 Å². The predicted octanol–water partition coefficient (Wildman–Crippen LogP) is 3.39. The van der Waals surface area contributed by atoms with Gasteiger partial charge in [0, 0.05) is 22.7 Å². The quantitative estimate of drug-likeness (QED) is 0.818. The van der Waals surface area contributed by atoms with Crippen LogP contribution >= 0.6 is 11.6 Å². The van der Waals surface area contributed by atoms with Crippen molar-refractivity contribution in [3.05, 3.63) is 52.5 Å². The van der Waals surface area contributed by atoms with Crippen molar-refractivity contribution in [1.82, 2.24) is 5.32 Å². The van der Waals surface area contributed by atoms with Crippen molar-refractivity contribution in [2.75, 3.05) is 37.7 Å². The molecule has 1 fully saturated rings. The second-order valence-electron chi connectivity index (χ2n) is 7.41. The van der Waals surface area contributed by atoms with Gasteiger partial charge in [0.05, 0.1) is 5.56 Å². The summed E-state index contributed by atoms with van der Waals surface area (Å²) in [5, 5.41) is 4.14. The molecule has 0 unspecified atom stereocenters. The number of hydrogen-bond acceptors (Lipinski definition) is 4. The van der Waals surface area contributed by atoms with Crippen molar-refractivity contribution >= 4 is 23.2 Å². The predicted molar refractivity (Wildman–Crippen MR) is 104 cm³/mol. The first-order valence-corrected chi connectivity index (χ1v) is 9.77. The summed E-state index contributed by atoms with van der Waals surface area (Å²) in [6.45, 7) is 3.54. The van der Waals surface area contributed by atoms with Gasteiger partial charge in [0.25, 0.3) is 5.91 Å². The van der Waals surface area contributed by atoms with Gasteiger partial charge in [-0.25, -0.2) is 0 Å². The highest BCUT2D eigenvalue weighted by molar-refractivity contribution is 6.30. The molecule has 0 aromatic heterocycles. The molecule has 0 saturated carbocycles. The molecule has 3 aliphatic heterocycles. The lowest BCUT2D eigenvalue weighted by Crippen LogP contribution is -2.44. The molecule has 3 aliphatic rings. The van der Waals surface area contributed by atoms with Crippen molar-refractivity contribution in [3.63, 3.8) is 0 Å². The summed E-state index contributed by atoms with van der Waals surface area (Å²) in [6, 6.07) is 11.4. The number of rotatable bonds is 1. The molecule has 6 heteroatoms. The van der Waals surface area contributed by atoms with Crippen LogP contribution in [-0.4, -0.2) is 38.8 Å². The third kappa shape index (κ3) is 2.68. The zero-order chi connectivity index (χ0) is 18.4. The molecule has 3 heterocycles. The van der Waals surface area contributed by atoms with Gasteiger partial charge in [-0.15, -0.1) is 0 Å². The number of nitrogens with zero attached hydrogens (tertiary/aromatic N) is 1. The van der Waals surface area contributed by atoms with E-state index < -0.39 is 0 Å². The summed E-state index contributed by atoms with van der Waals surface area (Å²) in [7, 11) is 0. The molecule has 27 heavy (non-hydrogen) atoms. The van der Waals surface area contributed by atoms with E-state index in [4.69, 9.17) is 21.1 Å². The fourth-order valence-corrected chi connectivity index (χ4v) is 4.72. The molecule has 2 aromatic rings. The second kappa shape index (κ2) is 6.43. The minimum absolute atomic E-state index is 0.0344. The molecule has 5 nitrogen and oxygen atoms in total. The lowest BCUT2D eigenvalue weighted by molar-refractivity contribution is 0.0971. The normalized spacial score (nSPS) is 19.8. The summed E-state index contributed by atoms with van der Waals surface area (Å²) in [4.78, 5) is 15.4. The first-order chi connectivity index (χ1) is 13.2. The number of nitrogens with one attached hydrogen (secondary N) is 1. The highest BCUT2D eigenvalue weighted by Crippen LogP contribution is 2.48. The molecule has 0 aliphatic carbocycles. The number of para-hydroxylation sites is 1. The Kier molecular flexibility index (Phi) is 4.02. The van der Waals surface area contributed by atoms with Crippen molar-refractivity contribution in [2.24, 2.45) is 0 Å². The maximum Gasteiger partial charge on any atom is 0.262 e. The van der Waals surface area contributed by atoms with Gasteiger partial charge in [0.1, 0.15) is 13.2 Å². The fraction of sp³-hybridized carbons (Fsp3) is 0.381. The third-order valence-electron chi connectivity index (χ3n) is 5.88. The Hall–Kier alpha value is -2.24. The average Bonchev–Trinajstić information content (AvgIpc) is 3.01. The molecule has 1 N–H and O–H groups in total. The Morgan fingerprint density at radius 2 is 1.93 bits per heavy atom. The molecule has 2 aromatic carbocycles. The Morgan fingerprint density at radius 1 is 1.11 bits per heavy atom. The molecular weight excluding hydrogens is 364 g/mol. The van der Waals surface area contributed by atoms with Crippen LogP contribution in [-0.2, 0) is 5.41 Å². The Balaban J connectivity index is 1.58. The number of amides is 1. The number of hydrogen-bond donors (Lipinski definition) is 1. The van der Waals surface area contributed by atoms with E-state index in [2.05, 4.69) is 5.32 Å². The number of halogens is 1. The van der Waals surface area contributed by atoms with Gasteiger partial charge in [-0.3, -0.25) is 4.79 Å². The van der Waals surface area contributed by atoms with Gasteiger partial charge in [0.15, 0.2) is 11.5 Å².